The highest BCUT2D eigenvalue weighted by atomic mass is 14.2. The molecule has 0 aliphatic heterocycles. The number of hydrogen-bond donors (Lipinski definition) is 0. The van der Waals surface area contributed by atoms with Crippen LogP contribution >= 0.6 is 0 Å². The summed E-state index contributed by atoms with van der Waals surface area (Å²) in [4.78, 5) is 0. The number of rotatable bonds is 20. The van der Waals surface area contributed by atoms with Crippen molar-refractivity contribution in [1.82, 2.24) is 0 Å². The first kappa shape index (κ1) is 25.0. The molecule has 0 saturated carbocycles. The molecule has 0 aliphatic carbocycles. The SMILES string of the molecule is CCCCCCCC(CCC)CC(CCCCC)CCCCCCC. The maximum absolute atomic E-state index is 2.39. The van der Waals surface area contributed by atoms with Gasteiger partial charge in [-0.1, -0.05) is 143 Å². The highest BCUT2D eigenvalue weighted by molar-refractivity contribution is 4.68. The largest absolute Gasteiger partial charge is 0.0654 e. The van der Waals surface area contributed by atoms with Crippen LogP contribution in [-0.4, -0.2) is 0 Å². The van der Waals surface area contributed by atoms with Gasteiger partial charge in [0.2, 0.25) is 0 Å². The van der Waals surface area contributed by atoms with E-state index in [1.54, 1.807) is 6.42 Å². The summed E-state index contributed by atoms with van der Waals surface area (Å²) in [5.74, 6) is 2.05. The van der Waals surface area contributed by atoms with Crippen molar-refractivity contribution in [2.24, 2.45) is 11.8 Å². The molecule has 0 spiro atoms. The van der Waals surface area contributed by atoms with Crippen molar-refractivity contribution < 1.29 is 0 Å². The van der Waals surface area contributed by atoms with E-state index >= 15 is 0 Å². The quantitative estimate of drug-likeness (QED) is 0.191. The first-order chi connectivity index (χ1) is 12.3. The van der Waals surface area contributed by atoms with E-state index in [0.717, 1.165) is 11.8 Å². The van der Waals surface area contributed by atoms with E-state index in [0.29, 0.717) is 0 Å². The summed E-state index contributed by atoms with van der Waals surface area (Å²) in [6.07, 6.45) is 27.7. The van der Waals surface area contributed by atoms with Gasteiger partial charge in [-0.05, 0) is 18.3 Å². The normalized spacial score (nSPS) is 13.9. The molecule has 25 heavy (non-hydrogen) atoms. The fourth-order valence-electron chi connectivity index (χ4n) is 4.40. The van der Waals surface area contributed by atoms with Gasteiger partial charge in [0.25, 0.3) is 0 Å². The summed E-state index contributed by atoms with van der Waals surface area (Å²) in [6.45, 7) is 9.38. The van der Waals surface area contributed by atoms with Crippen LogP contribution in [-0.2, 0) is 0 Å². The average molecular weight is 353 g/mol. The zero-order chi connectivity index (χ0) is 18.6. The lowest BCUT2D eigenvalue weighted by Crippen LogP contribution is -2.10. The van der Waals surface area contributed by atoms with E-state index in [4.69, 9.17) is 0 Å². The molecule has 0 aliphatic rings. The minimum atomic E-state index is 1.02. The van der Waals surface area contributed by atoms with E-state index in [9.17, 15) is 0 Å². The molecule has 0 aromatic carbocycles. The second-order valence-electron chi connectivity index (χ2n) is 8.66. The van der Waals surface area contributed by atoms with Crippen molar-refractivity contribution in [2.45, 2.75) is 150 Å². The zero-order valence-corrected chi connectivity index (χ0v) is 18.6. The topological polar surface area (TPSA) is 0 Å². The maximum Gasteiger partial charge on any atom is -0.0412 e. The minimum Gasteiger partial charge on any atom is -0.0654 e. The van der Waals surface area contributed by atoms with E-state index < -0.39 is 0 Å². The van der Waals surface area contributed by atoms with E-state index in [1.165, 1.54) is 116 Å². The third-order valence-corrected chi connectivity index (χ3v) is 6.01. The molecule has 0 heteroatoms. The van der Waals surface area contributed by atoms with Crippen molar-refractivity contribution in [3.8, 4) is 0 Å². The van der Waals surface area contributed by atoms with Crippen LogP contribution in [0.4, 0.5) is 0 Å². The molecule has 0 radical (unpaired) electrons. The molecule has 152 valence electrons. The van der Waals surface area contributed by atoms with Gasteiger partial charge in [-0.3, -0.25) is 0 Å². The van der Waals surface area contributed by atoms with Crippen LogP contribution < -0.4 is 0 Å². The Labute approximate surface area is 161 Å². The van der Waals surface area contributed by atoms with Crippen molar-refractivity contribution >= 4 is 0 Å². The van der Waals surface area contributed by atoms with E-state index in [-0.39, 0.29) is 0 Å². The van der Waals surface area contributed by atoms with Gasteiger partial charge in [0.1, 0.15) is 0 Å². The molecule has 0 amide bonds. The predicted octanol–water partition coefficient (Wildman–Crippen LogP) is 9.71. The Balaban J connectivity index is 4.19. The van der Waals surface area contributed by atoms with Crippen LogP contribution in [0.3, 0.4) is 0 Å². The second kappa shape index (κ2) is 20.3. The molecular weight excluding hydrogens is 300 g/mol. The lowest BCUT2D eigenvalue weighted by atomic mass is 9.82. The first-order valence-electron chi connectivity index (χ1n) is 12.3. The van der Waals surface area contributed by atoms with Crippen LogP contribution in [0.15, 0.2) is 0 Å². The highest BCUT2D eigenvalue weighted by Crippen LogP contribution is 2.30. The van der Waals surface area contributed by atoms with Crippen LogP contribution in [0, 0.1) is 11.8 Å². The Bertz CT molecular complexity index is 232. The van der Waals surface area contributed by atoms with Gasteiger partial charge in [0.15, 0.2) is 0 Å². The zero-order valence-electron chi connectivity index (χ0n) is 18.6. The molecule has 0 aromatic heterocycles. The molecule has 2 unspecified atom stereocenters. The predicted molar refractivity (Wildman–Crippen MR) is 117 cm³/mol. The summed E-state index contributed by atoms with van der Waals surface area (Å²) in [5.41, 5.74) is 0. The molecule has 0 N–H and O–H groups in total. The summed E-state index contributed by atoms with van der Waals surface area (Å²) < 4.78 is 0. The molecular formula is C25H52. The summed E-state index contributed by atoms with van der Waals surface area (Å²) in [5, 5.41) is 0. The third-order valence-electron chi connectivity index (χ3n) is 6.01. The van der Waals surface area contributed by atoms with Crippen molar-refractivity contribution in [1.29, 1.82) is 0 Å². The van der Waals surface area contributed by atoms with Gasteiger partial charge < -0.3 is 0 Å². The van der Waals surface area contributed by atoms with Crippen LogP contribution in [0.25, 0.3) is 0 Å². The monoisotopic (exact) mass is 352 g/mol. The van der Waals surface area contributed by atoms with Crippen molar-refractivity contribution in [3.05, 3.63) is 0 Å². The molecule has 0 bridgehead atoms. The summed E-state index contributed by atoms with van der Waals surface area (Å²) >= 11 is 0. The standard InChI is InChI=1S/C25H52/c1-5-9-12-14-17-21-24(19-8-4)23-25(20-16-11-7-3)22-18-15-13-10-6-2/h24-25H,5-23H2,1-4H3. The minimum absolute atomic E-state index is 1.02. The van der Waals surface area contributed by atoms with E-state index in [1.807, 2.05) is 0 Å². The lowest BCUT2D eigenvalue weighted by Gasteiger charge is -2.24. The van der Waals surface area contributed by atoms with Gasteiger partial charge in [-0.15, -0.1) is 0 Å². The van der Waals surface area contributed by atoms with E-state index in [2.05, 4.69) is 27.7 Å². The Kier molecular flexibility index (Phi) is 20.3. The van der Waals surface area contributed by atoms with Crippen molar-refractivity contribution in [3.63, 3.8) is 0 Å². The highest BCUT2D eigenvalue weighted by Gasteiger charge is 2.16. The Morgan fingerprint density at radius 3 is 1.16 bits per heavy atom. The molecule has 0 saturated heterocycles. The van der Waals surface area contributed by atoms with Gasteiger partial charge in [-0.2, -0.15) is 0 Å². The Morgan fingerprint density at radius 2 is 0.720 bits per heavy atom. The first-order valence-corrected chi connectivity index (χ1v) is 12.3. The lowest BCUT2D eigenvalue weighted by molar-refractivity contribution is 0.287. The van der Waals surface area contributed by atoms with Gasteiger partial charge in [-0.25, -0.2) is 0 Å². The van der Waals surface area contributed by atoms with Gasteiger partial charge in [0.05, 0.1) is 0 Å². The third kappa shape index (κ3) is 17.2. The molecule has 0 nitrogen and oxygen atoms in total. The fourth-order valence-corrected chi connectivity index (χ4v) is 4.40. The average Bonchev–Trinajstić information content (AvgIpc) is 2.61. The second-order valence-corrected chi connectivity index (χ2v) is 8.66. The van der Waals surface area contributed by atoms with Crippen molar-refractivity contribution in [2.75, 3.05) is 0 Å². The molecule has 0 fully saturated rings. The van der Waals surface area contributed by atoms with Gasteiger partial charge in [0, 0.05) is 0 Å². The molecule has 0 heterocycles. The molecule has 2 atom stereocenters. The Hall–Kier alpha value is 0. The fraction of sp³-hybridized carbons (Fsp3) is 1.00. The summed E-state index contributed by atoms with van der Waals surface area (Å²) in [7, 11) is 0. The van der Waals surface area contributed by atoms with Crippen LogP contribution in [0.1, 0.15) is 150 Å². The van der Waals surface area contributed by atoms with Crippen LogP contribution in [0.5, 0.6) is 0 Å². The van der Waals surface area contributed by atoms with Gasteiger partial charge >= 0.3 is 0 Å². The smallest absolute Gasteiger partial charge is 0.0412 e. The summed E-state index contributed by atoms with van der Waals surface area (Å²) in [6, 6.07) is 0. The number of unbranched alkanes of at least 4 members (excludes halogenated alkanes) is 10. The number of hydrogen-bond acceptors (Lipinski definition) is 0. The molecule has 0 aromatic rings. The molecule has 0 rings (SSSR count). The maximum atomic E-state index is 2.39. The Morgan fingerprint density at radius 1 is 0.360 bits per heavy atom. The van der Waals surface area contributed by atoms with Crippen LogP contribution in [0.2, 0.25) is 0 Å².